The van der Waals surface area contributed by atoms with Crippen LogP contribution in [0.4, 0.5) is 0 Å². The van der Waals surface area contributed by atoms with Crippen LogP contribution in [0.5, 0.6) is 5.75 Å². The fraction of sp³-hybridized carbons (Fsp3) is 0.235. The summed E-state index contributed by atoms with van der Waals surface area (Å²) >= 11 is 0. The van der Waals surface area contributed by atoms with E-state index in [1.165, 1.54) is 13.2 Å². The van der Waals surface area contributed by atoms with Gasteiger partial charge in [0, 0.05) is 30.1 Å². The number of nitrogens with zero attached hydrogens (tertiary/aromatic N) is 3. The molecular weight excluding hydrogens is 308 g/mol. The van der Waals surface area contributed by atoms with Crippen LogP contribution in [0.2, 0.25) is 0 Å². The summed E-state index contributed by atoms with van der Waals surface area (Å²) in [6, 6.07) is 11.1. The van der Waals surface area contributed by atoms with E-state index in [9.17, 15) is 4.79 Å². The third kappa shape index (κ3) is 3.69. The number of benzene rings is 1. The van der Waals surface area contributed by atoms with Crippen LogP contribution in [0.1, 0.15) is 11.6 Å². The zero-order valence-electron chi connectivity index (χ0n) is 13.5. The molecule has 1 aromatic carbocycles. The first kappa shape index (κ1) is 15.9. The molecule has 2 heterocycles. The van der Waals surface area contributed by atoms with Crippen LogP contribution in [-0.4, -0.2) is 34.2 Å². The van der Waals surface area contributed by atoms with E-state index >= 15 is 0 Å². The van der Waals surface area contributed by atoms with E-state index in [0.717, 1.165) is 11.3 Å². The SMILES string of the molecule is COc1c[nH]c(CN(C)Cc2nnc(-c3ccccc3)o2)cc1=O. The smallest absolute Gasteiger partial charge is 0.247 e. The van der Waals surface area contributed by atoms with Crippen molar-refractivity contribution in [2.75, 3.05) is 14.2 Å². The number of rotatable bonds is 6. The molecule has 24 heavy (non-hydrogen) atoms. The van der Waals surface area contributed by atoms with Gasteiger partial charge in [-0.2, -0.15) is 0 Å². The summed E-state index contributed by atoms with van der Waals surface area (Å²) in [6.07, 6.45) is 1.56. The van der Waals surface area contributed by atoms with Crippen molar-refractivity contribution < 1.29 is 9.15 Å². The fourth-order valence-corrected chi connectivity index (χ4v) is 2.34. The Bertz CT molecular complexity index is 858. The molecular formula is C17H18N4O3. The Balaban J connectivity index is 1.65. The molecule has 0 bridgehead atoms. The maximum absolute atomic E-state index is 11.8. The van der Waals surface area contributed by atoms with E-state index in [0.29, 0.717) is 30.6 Å². The first-order chi connectivity index (χ1) is 11.7. The zero-order chi connectivity index (χ0) is 16.9. The minimum Gasteiger partial charge on any atom is -0.491 e. The molecule has 0 aliphatic rings. The molecule has 3 rings (SSSR count). The molecule has 0 saturated heterocycles. The second kappa shape index (κ2) is 7.10. The summed E-state index contributed by atoms with van der Waals surface area (Å²) in [5.74, 6) is 1.31. The maximum Gasteiger partial charge on any atom is 0.247 e. The van der Waals surface area contributed by atoms with Crippen LogP contribution >= 0.6 is 0 Å². The van der Waals surface area contributed by atoms with Gasteiger partial charge < -0.3 is 14.1 Å². The second-order valence-corrected chi connectivity index (χ2v) is 5.43. The van der Waals surface area contributed by atoms with Crippen molar-refractivity contribution >= 4 is 0 Å². The molecule has 0 aliphatic heterocycles. The van der Waals surface area contributed by atoms with Crippen molar-refractivity contribution in [3.63, 3.8) is 0 Å². The highest BCUT2D eigenvalue weighted by molar-refractivity contribution is 5.51. The zero-order valence-corrected chi connectivity index (χ0v) is 13.5. The molecule has 0 atom stereocenters. The van der Waals surface area contributed by atoms with Crippen LogP contribution in [-0.2, 0) is 13.1 Å². The highest BCUT2D eigenvalue weighted by Crippen LogP contribution is 2.17. The largest absolute Gasteiger partial charge is 0.491 e. The summed E-state index contributed by atoms with van der Waals surface area (Å²) in [6.45, 7) is 1.02. The molecule has 7 heteroatoms. The Labute approximate surface area is 138 Å². The Kier molecular flexibility index (Phi) is 4.72. The molecule has 0 amide bonds. The Hall–Kier alpha value is -2.93. The standard InChI is InChI=1S/C17H18N4O3/c1-21(10-13-8-14(22)15(23-2)9-18-13)11-16-19-20-17(24-16)12-6-4-3-5-7-12/h3-9H,10-11H2,1-2H3,(H,18,22). The highest BCUT2D eigenvalue weighted by atomic mass is 16.5. The van der Waals surface area contributed by atoms with Gasteiger partial charge in [0.05, 0.1) is 13.7 Å². The molecule has 2 aromatic heterocycles. The van der Waals surface area contributed by atoms with E-state index in [-0.39, 0.29) is 5.43 Å². The van der Waals surface area contributed by atoms with Gasteiger partial charge in [-0.05, 0) is 19.2 Å². The topological polar surface area (TPSA) is 84.2 Å². The number of H-pyrrole nitrogens is 1. The van der Waals surface area contributed by atoms with Gasteiger partial charge in [-0.1, -0.05) is 18.2 Å². The van der Waals surface area contributed by atoms with Gasteiger partial charge in [0.25, 0.3) is 0 Å². The summed E-state index contributed by atoms with van der Waals surface area (Å²) in [7, 11) is 3.38. The van der Waals surface area contributed by atoms with Crippen molar-refractivity contribution in [2.45, 2.75) is 13.1 Å². The highest BCUT2D eigenvalue weighted by Gasteiger charge is 2.11. The van der Waals surface area contributed by atoms with E-state index in [2.05, 4.69) is 15.2 Å². The average molecular weight is 326 g/mol. The lowest BCUT2D eigenvalue weighted by Gasteiger charge is -2.14. The number of nitrogens with one attached hydrogen (secondary N) is 1. The third-order valence-electron chi connectivity index (χ3n) is 3.49. The van der Waals surface area contributed by atoms with Crippen molar-refractivity contribution in [1.82, 2.24) is 20.1 Å². The number of aromatic amines is 1. The molecule has 0 unspecified atom stereocenters. The summed E-state index contributed by atoms with van der Waals surface area (Å²) in [5.41, 5.74) is 1.52. The lowest BCUT2D eigenvalue weighted by atomic mass is 10.2. The van der Waals surface area contributed by atoms with E-state index in [1.54, 1.807) is 6.20 Å². The summed E-state index contributed by atoms with van der Waals surface area (Å²) in [5, 5.41) is 8.13. The number of hydrogen-bond acceptors (Lipinski definition) is 6. The molecule has 3 aromatic rings. The van der Waals surface area contributed by atoms with Gasteiger partial charge >= 0.3 is 0 Å². The van der Waals surface area contributed by atoms with Crippen molar-refractivity contribution in [3.8, 4) is 17.2 Å². The van der Waals surface area contributed by atoms with Gasteiger partial charge in [0.2, 0.25) is 17.2 Å². The minimum atomic E-state index is -0.149. The molecule has 0 radical (unpaired) electrons. The molecule has 0 aliphatic carbocycles. The summed E-state index contributed by atoms with van der Waals surface area (Å²) < 4.78 is 10.6. The Morgan fingerprint density at radius 3 is 2.71 bits per heavy atom. The van der Waals surface area contributed by atoms with Gasteiger partial charge in [-0.15, -0.1) is 10.2 Å². The van der Waals surface area contributed by atoms with Crippen LogP contribution in [0.25, 0.3) is 11.5 Å². The average Bonchev–Trinajstić information content (AvgIpc) is 3.04. The van der Waals surface area contributed by atoms with Crippen molar-refractivity contribution in [3.05, 3.63) is 64.4 Å². The lowest BCUT2D eigenvalue weighted by Crippen LogP contribution is -2.19. The van der Waals surface area contributed by atoms with Gasteiger partial charge in [-0.25, -0.2) is 0 Å². The number of pyridine rings is 1. The van der Waals surface area contributed by atoms with E-state index in [4.69, 9.17) is 9.15 Å². The maximum atomic E-state index is 11.8. The molecule has 1 N–H and O–H groups in total. The van der Waals surface area contributed by atoms with Crippen LogP contribution in [0.3, 0.4) is 0 Å². The van der Waals surface area contributed by atoms with Crippen LogP contribution in [0.15, 0.2) is 51.8 Å². The van der Waals surface area contributed by atoms with Gasteiger partial charge in [-0.3, -0.25) is 9.69 Å². The fourth-order valence-electron chi connectivity index (χ4n) is 2.34. The normalized spacial score (nSPS) is 11.0. The first-order valence-corrected chi connectivity index (χ1v) is 7.47. The van der Waals surface area contributed by atoms with E-state index < -0.39 is 0 Å². The Morgan fingerprint density at radius 1 is 1.21 bits per heavy atom. The number of hydrogen-bond donors (Lipinski definition) is 1. The number of methoxy groups -OCH3 is 1. The number of aromatic nitrogens is 3. The van der Waals surface area contributed by atoms with Gasteiger partial charge in [0.15, 0.2) is 5.75 Å². The molecule has 124 valence electrons. The van der Waals surface area contributed by atoms with Crippen molar-refractivity contribution in [1.29, 1.82) is 0 Å². The second-order valence-electron chi connectivity index (χ2n) is 5.43. The molecule has 7 nitrogen and oxygen atoms in total. The van der Waals surface area contributed by atoms with E-state index in [1.807, 2.05) is 42.3 Å². The molecule has 0 saturated carbocycles. The predicted octanol–water partition coefficient (Wildman–Crippen LogP) is 2.07. The predicted molar refractivity (Wildman–Crippen MR) is 88.5 cm³/mol. The monoisotopic (exact) mass is 326 g/mol. The van der Waals surface area contributed by atoms with Crippen LogP contribution < -0.4 is 10.2 Å². The lowest BCUT2D eigenvalue weighted by molar-refractivity contribution is 0.279. The Morgan fingerprint density at radius 2 is 2.00 bits per heavy atom. The summed E-state index contributed by atoms with van der Waals surface area (Å²) in [4.78, 5) is 16.8. The number of ether oxygens (including phenoxy) is 1. The minimum absolute atomic E-state index is 0.149. The molecule has 0 fully saturated rings. The quantitative estimate of drug-likeness (QED) is 0.746. The van der Waals surface area contributed by atoms with Crippen LogP contribution in [0, 0.1) is 0 Å². The van der Waals surface area contributed by atoms with Gasteiger partial charge in [0.1, 0.15) is 0 Å². The first-order valence-electron chi connectivity index (χ1n) is 7.47. The van der Waals surface area contributed by atoms with Crippen molar-refractivity contribution in [2.24, 2.45) is 0 Å². The molecule has 0 spiro atoms. The third-order valence-corrected chi connectivity index (χ3v) is 3.49.